The van der Waals surface area contributed by atoms with E-state index in [-0.39, 0.29) is 128 Å². The summed E-state index contributed by atoms with van der Waals surface area (Å²) in [7, 11) is 0. The number of hydrogen-bond donors (Lipinski definition) is 0. The van der Waals surface area contributed by atoms with Crippen molar-refractivity contribution in [1.29, 1.82) is 0 Å². The van der Waals surface area contributed by atoms with Gasteiger partial charge in [0.2, 0.25) is 0 Å². The van der Waals surface area contributed by atoms with E-state index < -0.39 is 0 Å². The molecule has 0 amide bonds. The maximum atomic E-state index is 0. The molecule has 0 aromatic heterocycles. The fourth-order valence-corrected chi connectivity index (χ4v) is 0. The largest absolute Gasteiger partial charge is 1.00 e. The molecule has 0 saturated carbocycles. The minimum Gasteiger partial charge on any atom is -1.00 e. The van der Waals surface area contributed by atoms with Crippen molar-refractivity contribution in [3.63, 3.8) is 0 Å². The van der Waals surface area contributed by atoms with Crippen LogP contribution >= 0.6 is 13.5 Å². The second-order valence-electron chi connectivity index (χ2n) is 0. The van der Waals surface area contributed by atoms with Crippen LogP contribution < -0.4 is 110 Å². The van der Waals surface area contributed by atoms with Gasteiger partial charge in [-0.05, 0) is 0 Å². The van der Waals surface area contributed by atoms with Gasteiger partial charge in [0.1, 0.15) is 0 Å². The molecular weight excluding hydrogens is 117 g/mol. The Labute approximate surface area is 125 Å². The van der Waals surface area contributed by atoms with Gasteiger partial charge in [-0.25, -0.2) is 0 Å². The second-order valence-corrected chi connectivity index (χ2v) is 0. The van der Waals surface area contributed by atoms with Gasteiger partial charge in [-0.2, -0.15) is 13.5 Å². The first-order valence-electron chi connectivity index (χ1n) is 0. The molecule has 0 heterocycles. The van der Waals surface area contributed by atoms with E-state index in [0.29, 0.717) is 0 Å². The van der Waals surface area contributed by atoms with Gasteiger partial charge in [0.15, 0.2) is 0 Å². The molecular formula is H5KNa2S. The van der Waals surface area contributed by atoms with E-state index in [2.05, 4.69) is 0 Å². The van der Waals surface area contributed by atoms with Gasteiger partial charge in [0, 0.05) is 0 Å². The van der Waals surface area contributed by atoms with Crippen molar-refractivity contribution in [3.8, 4) is 0 Å². The first-order chi connectivity index (χ1) is 0. The molecule has 0 radical (unpaired) electrons. The van der Waals surface area contributed by atoms with Gasteiger partial charge < -0.3 is 4.28 Å². The Hall–Kier alpha value is 3.99. The van der Waals surface area contributed by atoms with Crippen LogP contribution in [0.4, 0.5) is 0 Å². The van der Waals surface area contributed by atoms with E-state index >= 15 is 0 Å². The molecule has 0 aliphatic rings. The number of rotatable bonds is 0. The molecule has 0 rings (SSSR count). The molecule has 0 N–H and O–H groups in total. The topological polar surface area (TPSA) is 0 Å². The van der Waals surface area contributed by atoms with Gasteiger partial charge in [-0.15, -0.1) is 0 Å². The maximum Gasteiger partial charge on any atom is 1.00 e. The summed E-state index contributed by atoms with van der Waals surface area (Å²) in [6.45, 7) is 0. The monoisotopic (exact) mass is 122 g/mol. The van der Waals surface area contributed by atoms with Gasteiger partial charge >= 0.3 is 110 Å². The number of hydrogen-bond acceptors (Lipinski definition) is 0. The van der Waals surface area contributed by atoms with Crippen LogP contribution in [0.25, 0.3) is 0 Å². The second kappa shape index (κ2) is 15.8. The molecule has 0 aromatic rings. The molecule has 0 nitrogen and oxygen atoms in total. The minimum absolute atomic E-state index is 0. The van der Waals surface area contributed by atoms with Crippen LogP contribution in [0, 0.1) is 0 Å². The first-order valence-corrected chi connectivity index (χ1v) is 0. The maximum absolute atomic E-state index is 0. The van der Waals surface area contributed by atoms with E-state index in [1.165, 1.54) is 0 Å². The molecule has 14 valence electrons. The summed E-state index contributed by atoms with van der Waals surface area (Å²) in [6.07, 6.45) is 0. The van der Waals surface area contributed by atoms with Gasteiger partial charge in [0.05, 0.1) is 0 Å². The molecule has 0 atom stereocenters. The van der Waals surface area contributed by atoms with Gasteiger partial charge in [0.25, 0.3) is 0 Å². The zero-order valence-electron chi connectivity index (χ0n) is 6.50. The van der Waals surface area contributed by atoms with E-state index in [0.717, 1.165) is 0 Å². The van der Waals surface area contributed by atoms with E-state index in [4.69, 9.17) is 0 Å². The van der Waals surface area contributed by atoms with Crippen LogP contribution in [-0.4, -0.2) is 0 Å². The van der Waals surface area contributed by atoms with Crippen molar-refractivity contribution >= 4 is 13.5 Å². The zero-order valence-corrected chi connectivity index (χ0v) is 11.6. The third-order valence-corrected chi connectivity index (χ3v) is 0. The third kappa shape index (κ3) is 9.37. The van der Waals surface area contributed by atoms with E-state index in [1.807, 2.05) is 0 Å². The van der Waals surface area contributed by atoms with Crippen LogP contribution in [0.15, 0.2) is 0 Å². The predicted molar refractivity (Wildman–Crippen MR) is 13.7 cm³/mol. The summed E-state index contributed by atoms with van der Waals surface area (Å²) in [5, 5.41) is 0. The Morgan fingerprint density at radius 1 is 1.00 bits per heavy atom. The summed E-state index contributed by atoms with van der Waals surface area (Å²) in [6, 6.07) is 0. The standard InChI is InChI=1S/K.2Na.H2S.3H/h;;;1H2;;;/q3*+1;;3*-1. The Morgan fingerprint density at radius 3 is 1.00 bits per heavy atom. The van der Waals surface area contributed by atoms with Crippen LogP contribution in [0.1, 0.15) is 4.28 Å². The predicted octanol–water partition coefficient (Wildman–Crippen LogP) is -8.54. The van der Waals surface area contributed by atoms with E-state index in [9.17, 15) is 0 Å². The molecule has 0 unspecified atom stereocenters. The molecule has 4 heavy (non-hydrogen) atoms. The normalized spacial score (nSPS) is 0. The molecule has 4 heteroatoms. The molecule has 0 aromatic carbocycles. The first kappa shape index (κ1) is 24.5. The van der Waals surface area contributed by atoms with Gasteiger partial charge in [-0.3, -0.25) is 0 Å². The van der Waals surface area contributed by atoms with Crippen molar-refractivity contribution in [3.05, 3.63) is 0 Å². The Morgan fingerprint density at radius 2 is 1.00 bits per heavy atom. The van der Waals surface area contributed by atoms with Crippen LogP contribution in [0.5, 0.6) is 0 Å². The van der Waals surface area contributed by atoms with Crippen LogP contribution in [0.2, 0.25) is 0 Å². The van der Waals surface area contributed by atoms with Crippen molar-refractivity contribution in [2.24, 2.45) is 0 Å². The fraction of sp³-hybridized carbons (Fsp3) is 0. The summed E-state index contributed by atoms with van der Waals surface area (Å²) >= 11 is 0. The molecule has 0 saturated heterocycles. The summed E-state index contributed by atoms with van der Waals surface area (Å²) < 4.78 is 0. The summed E-state index contributed by atoms with van der Waals surface area (Å²) in [5.41, 5.74) is 0. The molecule has 0 aliphatic carbocycles. The SMILES string of the molecule is S.[H-].[H-].[H-].[K+].[Na+].[Na+]. The van der Waals surface area contributed by atoms with Crippen molar-refractivity contribution in [2.75, 3.05) is 0 Å². The average Bonchev–Trinajstić information content (AvgIpc) is 0. The molecule has 0 fully saturated rings. The quantitative estimate of drug-likeness (QED) is 0.280. The van der Waals surface area contributed by atoms with Crippen molar-refractivity contribution < 1.29 is 115 Å². The summed E-state index contributed by atoms with van der Waals surface area (Å²) in [5.74, 6) is 0. The third-order valence-electron chi connectivity index (χ3n) is 0. The smallest absolute Gasteiger partial charge is 1.00 e. The average molecular weight is 122 g/mol. The molecule has 0 spiro atoms. The minimum atomic E-state index is 0. The summed E-state index contributed by atoms with van der Waals surface area (Å²) in [4.78, 5) is 0. The van der Waals surface area contributed by atoms with Crippen molar-refractivity contribution in [2.45, 2.75) is 0 Å². The zero-order chi connectivity index (χ0) is 0. The van der Waals surface area contributed by atoms with Crippen LogP contribution in [0.3, 0.4) is 0 Å². The Kier molecular flexibility index (Phi) is 96.6. The Bertz CT molecular complexity index is 12.9. The van der Waals surface area contributed by atoms with Crippen molar-refractivity contribution in [1.82, 2.24) is 0 Å². The van der Waals surface area contributed by atoms with Gasteiger partial charge in [-0.1, -0.05) is 0 Å². The molecule has 0 bridgehead atoms. The fourth-order valence-electron chi connectivity index (χ4n) is 0. The van der Waals surface area contributed by atoms with Crippen LogP contribution in [-0.2, 0) is 0 Å². The van der Waals surface area contributed by atoms with E-state index in [1.54, 1.807) is 0 Å². The molecule has 0 aliphatic heterocycles. The Balaban J connectivity index is 0.